The summed E-state index contributed by atoms with van der Waals surface area (Å²) in [7, 11) is 3.37. The van der Waals surface area contributed by atoms with Crippen LogP contribution in [0.4, 0.5) is 9.18 Å². The highest BCUT2D eigenvalue weighted by molar-refractivity contribution is 5.86. The maximum absolute atomic E-state index is 13.4. The first-order chi connectivity index (χ1) is 13.9. The summed E-state index contributed by atoms with van der Waals surface area (Å²) in [6, 6.07) is 6.37. The van der Waals surface area contributed by atoms with Crippen LogP contribution >= 0.6 is 0 Å². The van der Waals surface area contributed by atoms with Gasteiger partial charge in [-0.15, -0.1) is 0 Å². The SMILES string of the molecule is CCOC(=O)N1CCC(NC(=NCc2cccc(F)c2)NCC(=O)N(C)C)CC1. The number of amides is 2. The zero-order chi connectivity index (χ0) is 21.2. The first-order valence-corrected chi connectivity index (χ1v) is 9.80. The molecule has 0 radical (unpaired) electrons. The summed E-state index contributed by atoms with van der Waals surface area (Å²) >= 11 is 0. The Kier molecular flexibility index (Phi) is 8.69. The number of carbonyl (C=O) groups excluding carboxylic acids is 2. The van der Waals surface area contributed by atoms with Crippen LogP contribution in [0.2, 0.25) is 0 Å². The molecular weight excluding hydrogens is 377 g/mol. The van der Waals surface area contributed by atoms with Crippen LogP contribution in [0.3, 0.4) is 0 Å². The van der Waals surface area contributed by atoms with Gasteiger partial charge in [0.1, 0.15) is 5.82 Å². The second-order valence-electron chi connectivity index (χ2n) is 7.04. The summed E-state index contributed by atoms with van der Waals surface area (Å²) < 4.78 is 18.4. The number of likely N-dealkylation sites (tertiary alicyclic amines) is 1. The summed E-state index contributed by atoms with van der Waals surface area (Å²) in [5, 5.41) is 6.36. The van der Waals surface area contributed by atoms with Gasteiger partial charge in [0.2, 0.25) is 5.91 Å². The Morgan fingerprint density at radius 2 is 2.03 bits per heavy atom. The highest BCUT2D eigenvalue weighted by Crippen LogP contribution is 2.12. The molecule has 0 atom stereocenters. The first kappa shape index (κ1) is 22.4. The molecule has 1 aliphatic rings. The van der Waals surface area contributed by atoms with E-state index in [2.05, 4.69) is 15.6 Å². The van der Waals surface area contributed by atoms with Gasteiger partial charge in [0, 0.05) is 33.2 Å². The van der Waals surface area contributed by atoms with E-state index in [-0.39, 0.29) is 36.9 Å². The minimum Gasteiger partial charge on any atom is -0.450 e. The zero-order valence-electron chi connectivity index (χ0n) is 17.3. The second kappa shape index (κ2) is 11.2. The van der Waals surface area contributed by atoms with E-state index in [1.807, 2.05) is 0 Å². The minimum absolute atomic E-state index is 0.0811. The summed E-state index contributed by atoms with van der Waals surface area (Å²) in [6.07, 6.45) is 1.18. The van der Waals surface area contributed by atoms with Crippen molar-refractivity contribution >= 4 is 18.0 Å². The van der Waals surface area contributed by atoms with Crippen LogP contribution in [0.1, 0.15) is 25.3 Å². The van der Waals surface area contributed by atoms with Crippen molar-refractivity contribution in [2.45, 2.75) is 32.4 Å². The lowest BCUT2D eigenvalue weighted by Gasteiger charge is -2.32. The zero-order valence-corrected chi connectivity index (χ0v) is 17.3. The van der Waals surface area contributed by atoms with Gasteiger partial charge in [0.25, 0.3) is 0 Å². The number of carbonyl (C=O) groups is 2. The van der Waals surface area contributed by atoms with Crippen molar-refractivity contribution in [1.82, 2.24) is 20.4 Å². The van der Waals surface area contributed by atoms with E-state index in [1.54, 1.807) is 38.1 Å². The molecule has 1 aromatic rings. The average molecular weight is 407 g/mol. The number of benzene rings is 1. The summed E-state index contributed by atoms with van der Waals surface area (Å²) in [6.45, 7) is 3.70. The number of rotatable bonds is 6. The molecule has 1 aliphatic heterocycles. The number of nitrogens with one attached hydrogen (secondary N) is 2. The molecule has 0 bridgehead atoms. The fraction of sp³-hybridized carbons (Fsp3) is 0.550. The number of hydrogen-bond acceptors (Lipinski definition) is 4. The van der Waals surface area contributed by atoms with Crippen LogP contribution in [-0.2, 0) is 16.1 Å². The number of nitrogens with zero attached hydrogens (tertiary/aromatic N) is 3. The Morgan fingerprint density at radius 1 is 1.31 bits per heavy atom. The van der Waals surface area contributed by atoms with Crippen LogP contribution in [0.5, 0.6) is 0 Å². The molecule has 29 heavy (non-hydrogen) atoms. The van der Waals surface area contributed by atoms with Gasteiger partial charge in [-0.2, -0.15) is 0 Å². The third-order valence-electron chi connectivity index (χ3n) is 4.58. The minimum atomic E-state index is -0.311. The quantitative estimate of drug-likeness (QED) is 0.552. The van der Waals surface area contributed by atoms with E-state index < -0.39 is 0 Å². The molecule has 2 amide bonds. The third kappa shape index (κ3) is 7.59. The van der Waals surface area contributed by atoms with Crippen molar-refractivity contribution in [3.63, 3.8) is 0 Å². The topological polar surface area (TPSA) is 86.3 Å². The molecular formula is C20H30FN5O3. The van der Waals surface area contributed by atoms with Crippen LogP contribution in [0.15, 0.2) is 29.3 Å². The lowest BCUT2D eigenvalue weighted by atomic mass is 10.1. The van der Waals surface area contributed by atoms with Crippen molar-refractivity contribution in [3.05, 3.63) is 35.6 Å². The van der Waals surface area contributed by atoms with E-state index in [1.165, 1.54) is 17.0 Å². The predicted molar refractivity (Wildman–Crippen MR) is 109 cm³/mol. The highest BCUT2D eigenvalue weighted by Gasteiger charge is 2.24. The second-order valence-corrected chi connectivity index (χ2v) is 7.04. The van der Waals surface area contributed by atoms with Gasteiger partial charge in [-0.25, -0.2) is 14.2 Å². The van der Waals surface area contributed by atoms with Gasteiger partial charge in [-0.05, 0) is 37.5 Å². The molecule has 0 aromatic heterocycles. The van der Waals surface area contributed by atoms with E-state index in [0.717, 1.165) is 18.4 Å². The molecule has 0 spiro atoms. The fourth-order valence-electron chi connectivity index (χ4n) is 2.89. The largest absolute Gasteiger partial charge is 0.450 e. The number of guanidine groups is 1. The van der Waals surface area contributed by atoms with E-state index in [9.17, 15) is 14.0 Å². The fourth-order valence-corrected chi connectivity index (χ4v) is 2.89. The highest BCUT2D eigenvalue weighted by atomic mass is 19.1. The maximum Gasteiger partial charge on any atom is 0.409 e. The molecule has 2 N–H and O–H groups in total. The molecule has 0 aliphatic carbocycles. The van der Waals surface area contributed by atoms with Crippen molar-refractivity contribution < 1.29 is 18.7 Å². The molecule has 0 saturated carbocycles. The lowest BCUT2D eigenvalue weighted by Crippen LogP contribution is -2.51. The number of ether oxygens (including phenoxy) is 1. The van der Waals surface area contributed by atoms with E-state index in [4.69, 9.17) is 4.74 Å². The monoisotopic (exact) mass is 407 g/mol. The summed E-state index contributed by atoms with van der Waals surface area (Å²) in [5.41, 5.74) is 0.738. The smallest absolute Gasteiger partial charge is 0.409 e. The van der Waals surface area contributed by atoms with Crippen molar-refractivity contribution in [2.24, 2.45) is 4.99 Å². The molecule has 9 heteroatoms. The number of likely N-dealkylation sites (N-methyl/N-ethyl adjacent to an activating group) is 1. The number of hydrogen-bond donors (Lipinski definition) is 2. The predicted octanol–water partition coefficient (Wildman–Crippen LogP) is 1.57. The molecule has 8 nitrogen and oxygen atoms in total. The Bertz CT molecular complexity index is 718. The van der Waals surface area contributed by atoms with Gasteiger partial charge < -0.3 is 25.2 Å². The van der Waals surface area contributed by atoms with Gasteiger partial charge in [0.15, 0.2) is 5.96 Å². The molecule has 1 heterocycles. The van der Waals surface area contributed by atoms with Gasteiger partial charge in [-0.3, -0.25) is 4.79 Å². The Labute approximate surface area is 171 Å². The van der Waals surface area contributed by atoms with Crippen LogP contribution in [-0.4, -0.2) is 74.1 Å². The number of aliphatic imine (C=N–C) groups is 1. The summed E-state index contributed by atoms with van der Waals surface area (Å²) in [4.78, 5) is 31.4. The molecule has 1 saturated heterocycles. The van der Waals surface area contributed by atoms with E-state index >= 15 is 0 Å². The first-order valence-electron chi connectivity index (χ1n) is 9.80. The Balaban J connectivity index is 1.96. The average Bonchev–Trinajstić information content (AvgIpc) is 2.70. The van der Waals surface area contributed by atoms with Crippen LogP contribution in [0, 0.1) is 5.82 Å². The van der Waals surface area contributed by atoms with Gasteiger partial charge >= 0.3 is 6.09 Å². The molecule has 0 unspecified atom stereocenters. The third-order valence-corrected chi connectivity index (χ3v) is 4.58. The Hall–Kier alpha value is -2.84. The molecule has 1 aromatic carbocycles. The lowest BCUT2D eigenvalue weighted by molar-refractivity contribution is -0.127. The van der Waals surface area contributed by atoms with Crippen molar-refractivity contribution in [3.8, 4) is 0 Å². The van der Waals surface area contributed by atoms with Crippen LogP contribution in [0.25, 0.3) is 0 Å². The van der Waals surface area contributed by atoms with Gasteiger partial charge in [-0.1, -0.05) is 12.1 Å². The number of piperidine rings is 1. The number of halogens is 1. The van der Waals surface area contributed by atoms with Crippen LogP contribution < -0.4 is 10.6 Å². The molecule has 1 fully saturated rings. The maximum atomic E-state index is 13.4. The molecule has 2 rings (SSSR count). The van der Waals surface area contributed by atoms with Crippen molar-refractivity contribution in [1.29, 1.82) is 0 Å². The molecule has 160 valence electrons. The normalized spacial score (nSPS) is 15.0. The van der Waals surface area contributed by atoms with Crippen molar-refractivity contribution in [2.75, 3.05) is 40.3 Å². The Morgan fingerprint density at radius 3 is 2.66 bits per heavy atom. The summed E-state index contributed by atoms with van der Waals surface area (Å²) in [5.74, 6) is 0.0933. The van der Waals surface area contributed by atoms with E-state index in [0.29, 0.717) is 25.7 Å². The van der Waals surface area contributed by atoms with Gasteiger partial charge in [0.05, 0.1) is 19.7 Å². The standard InChI is InChI=1S/C20H30FN5O3/c1-4-29-20(28)26-10-8-17(9-11-26)24-19(23-14-18(27)25(2)3)22-13-15-6-5-7-16(21)12-15/h5-7,12,17H,4,8-11,13-14H2,1-3H3,(H2,22,23,24).